The lowest BCUT2D eigenvalue weighted by Gasteiger charge is -2.35. The largest absolute Gasteiger partial charge is 0.297 e. The van der Waals surface area contributed by atoms with Gasteiger partial charge in [-0.3, -0.25) is 19.3 Å². The second-order valence-corrected chi connectivity index (χ2v) is 5.67. The van der Waals surface area contributed by atoms with Gasteiger partial charge in [-0.25, -0.2) is 0 Å². The van der Waals surface area contributed by atoms with Gasteiger partial charge in [-0.05, 0) is 18.4 Å². The molecule has 108 valence electrons. The number of hydrogen-bond acceptors (Lipinski definition) is 3. The van der Waals surface area contributed by atoms with Crippen LogP contribution < -0.4 is 0 Å². The summed E-state index contributed by atoms with van der Waals surface area (Å²) in [5, 5.41) is 0. The summed E-state index contributed by atoms with van der Waals surface area (Å²) in [6, 6.07) is 9.46. The number of benzene rings is 1. The van der Waals surface area contributed by atoms with E-state index in [-0.39, 0.29) is 24.0 Å². The highest BCUT2D eigenvalue weighted by molar-refractivity contribution is 6.16. The van der Waals surface area contributed by atoms with E-state index in [1.807, 2.05) is 30.3 Å². The van der Waals surface area contributed by atoms with E-state index < -0.39 is 5.54 Å². The minimum absolute atomic E-state index is 0.0309. The number of carbonyl (C=O) groups is 3. The molecule has 0 spiro atoms. The fraction of sp³-hybridized carbons (Fsp3) is 0.353. The summed E-state index contributed by atoms with van der Waals surface area (Å²) in [5.74, 6) is -0.747. The number of amides is 2. The second kappa shape index (κ2) is 5.28. The number of hydrogen-bond donors (Lipinski definition) is 0. The lowest BCUT2D eigenvalue weighted by atomic mass is 9.86. The standard InChI is InChI=1S/C17H17NO3/c19-14(12-13-6-2-1-3-7-13)17(10-4-5-11-17)18-15(20)8-9-16(18)21/h1-3,6-9H,4-5,10-12H2. The van der Waals surface area contributed by atoms with E-state index in [0.717, 1.165) is 18.4 Å². The molecular formula is C17H17NO3. The Labute approximate surface area is 123 Å². The zero-order valence-electron chi connectivity index (χ0n) is 11.7. The number of ketones is 1. The summed E-state index contributed by atoms with van der Waals surface area (Å²) < 4.78 is 0. The lowest BCUT2D eigenvalue weighted by Crippen LogP contribution is -2.56. The van der Waals surface area contributed by atoms with Gasteiger partial charge >= 0.3 is 0 Å². The first-order valence-electron chi connectivity index (χ1n) is 7.27. The molecule has 0 aromatic heterocycles. The van der Waals surface area contributed by atoms with E-state index in [0.29, 0.717) is 12.8 Å². The third kappa shape index (κ3) is 2.31. The third-order valence-corrected chi connectivity index (χ3v) is 4.39. The van der Waals surface area contributed by atoms with Crippen LogP contribution in [0.1, 0.15) is 31.2 Å². The van der Waals surface area contributed by atoms with Crippen molar-refractivity contribution < 1.29 is 14.4 Å². The monoisotopic (exact) mass is 283 g/mol. The molecule has 4 nitrogen and oxygen atoms in total. The zero-order chi connectivity index (χ0) is 14.9. The predicted molar refractivity (Wildman–Crippen MR) is 77.3 cm³/mol. The average molecular weight is 283 g/mol. The summed E-state index contributed by atoms with van der Waals surface area (Å²) >= 11 is 0. The van der Waals surface area contributed by atoms with Crippen molar-refractivity contribution in [3.63, 3.8) is 0 Å². The number of Topliss-reactive ketones (excluding diaryl/α,β-unsaturated/α-hetero) is 1. The van der Waals surface area contributed by atoms with Crippen molar-refractivity contribution in [2.24, 2.45) is 0 Å². The van der Waals surface area contributed by atoms with E-state index in [1.54, 1.807) is 0 Å². The first-order chi connectivity index (χ1) is 10.1. The molecule has 1 heterocycles. The second-order valence-electron chi connectivity index (χ2n) is 5.67. The first-order valence-corrected chi connectivity index (χ1v) is 7.27. The van der Waals surface area contributed by atoms with Gasteiger partial charge in [0.15, 0.2) is 5.78 Å². The van der Waals surface area contributed by atoms with Gasteiger partial charge in [0, 0.05) is 18.6 Å². The molecule has 2 amide bonds. The van der Waals surface area contributed by atoms with Gasteiger partial charge in [0.1, 0.15) is 5.54 Å². The van der Waals surface area contributed by atoms with Crippen LogP contribution in [0, 0.1) is 0 Å². The van der Waals surface area contributed by atoms with Crippen LogP contribution in [0.3, 0.4) is 0 Å². The molecule has 0 saturated heterocycles. The third-order valence-electron chi connectivity index (χ3n) is 4.39. The molecule has 1 aliphatic heterocycles. The molecule has 4 heteroatoms. The quantitative estimate of drug-likeness (QED) is 0.795. The fourth-order valence-electron chi connectivity index (χ4n) is 3.35. The van der Waals surface area contributed by atoms with Crippen molar-refractivity contribution in [3.8, 4) is 0 Å². The van der Waals surface area contributed by atoms with Gasteiger partial charge in [-0.15, -0.1) is 0 Å². The van der Waals surface area contributed by atoms with Crippen LogP contribution in [0.4, 0.5) is 0 Å². The predicted octanol–water partition coefficient (Wildman–Crippen LogP) is 2.04. The Morgan fingerprint density at radius 2 is 1.57 bits per heavy atom. The molecule has 1 aliphatic carbocycles. The van der Waals surface area contributed by atoms with Gasteiger partial charge in [-0.2, -0.15) is 0 Å². The Morgan fingerprint density at radius 1 is 1.00 bits per heavy atom. The van der Waals surface area contributed by atoms with E-state index in [9.17, 15) is 14.4 Å². The molecule has 0 unspecified atom stereocenters. The maximum Gasteiger partial charge on any atom is 0.254 e. The molecule has 1 fully saturated rings. The SMILES string of the molecule is O=C1C=CC(=O)N1C1(C(=O)Cc2ccccc2)CCCC1. The van der Waals surface area contributed by atoms with Gasteiger partial charge in [0.25, 0.3) is 11.8 Å². The molecule has 3 rings (SSSR count). The molecule has 1 aromatic rings. The highest BCUT2D eigenvalue weighted by Gasteiger charge is 2.50. The first kappa shape index (κ1) is 13.7. The van der Waals surface area contributed by atoms with E-state index in [1.165, 1.54) is 17.1 Å². The molecule has 1 saturated carbocycles. The van der Waals surface area contributed by atoms with Crippen LogP contribution in [-0.2, 0) is 20.8 Å². The summed E-state index contributed by atoms with van der Waals surface area (Å²) in [7, 11) is 0. The summed E-state index contributed by atoms with van der Waals surface area (Å²) in [4.78, 5) is 38.0. The van der Waals surface area contributed by atoms with Crippen LogP contribution in [0.15, 0.2) is 42.5 Å². The maximum absolute atomic E-state index is 12.8. The smallest absolute Gasteiger partial charge is 0.254 e. The molecule has 2 aliphatic rings. The van der Waals surface area contributed by atoms with E-state index in [2.05, 4.69) is 0 Å². The molecule has 0 atom stereocenters. The Bertz CT molecular complexity index is 594. The van der Waals surface area contributed by atoms with Crippen molar-refractivity contribution in [1.82, 2.24) is 4.90 Å². The molecule has 0 bridgehead atoms. The number of nitrogens with zero attached hydrogens (tertiary/aromatic N) is 1. The van der Waals surface area contributed by atoms with Crippen molar-refractivity contribution in [3.05, 3.63) is 48.0 Å². The molecule has 1 aromatic carbocycles. The van der Waals surface area contributed by atoms with Crippen molar-refractivity contribution in [2.75, 3.05) is 0 Å². The molecule has 0 radical (unpaired) electrons. The summed E-state index contributed by atoms with van der Waals surface area (Å²) in [6.07, 6.45) is 5.69. The normalized spacial score (nSPS) is 20.3. The minimum atomic E-state index is -0.937. The number of carbonyl (C=O) groups excluding carboxylic acids is 3. The Morgan fingerprint density at radius 3 is 2.14 bits per heavy atom. The minimum Gasteiger partial charge on any atom is -0.297 e. The van der Waals surface area contributed by atoms with Crippen LogP contribution in [0.5, 0.6) is 0 Å². The van der Waals surface area contributed by atoms with Gasteiger partial charge < -0.3 is 0 Å². The highest BCUT2D eigenvalue weighted by atomic mass is 16.2. The Kier molecular flexibility index (Phi) is 3.45. The van der Waals surface area contributed by atoms with Gasteiger partial charge in [-0.1, -0.05) is 43.2 Å². The lowest BCUT2D eigenvalue weighted by molar-refractivity contribution is -0.151. The maximum atomic E-state index is 12.8. The van der Waals surface area contributed by atoms with Crippen molar-refractivity contribution in [2.45, 2.75) is 37.6 Å². The van der Waals surface area contributed by atoms with Crippen molar-refractivity contribution >= 4 is 17.6 Å². The summed E-state index contributed by atoms with van der Waals surface area (Å²) in [5.41, 5.74) is -0.0196. The Balaban J connectivity index is 1.89. The van der Waals surface area contributed by atoms with Crippen LogP contribution in [-0.4, -0.2) is 28.0 Å². The average Bonchev–Trinajstić information content (AvgIpc) is 3.08. The number of imide groups is 1. The zero-order valence-corrected chi connectivity index (χ0v) is 11.7. The topological polar surface area (TPSA) is 54.5 Å². The van der Waals surface area contributed by atoms with Crippen LogP contribution >= 0.6 is 0 Å². The summed E-state index contributed by atoms with van der Waals surface area (Å²) in [6.45, 7) is 0. The van der Waals surface area contributed by atoms with E-state index >= 15 is 0 Å². The Hall–Kier alpha value is -2.23. The molecule has 0 N–H and O–H groups in total. The van der Waals surface area contributed by atoms with E-state index in [4.69, 9.17) is 0 Å². The van der Waals surface area contributed by atoms with Crippen molar-refractivity contribution in [1.29, 1.82) is 0 Å². The molecule has 21 heavy (non-hydrogen) atoms. The fourth-order valence-corrected chi connectivity index (χ4v) is 3.35. The highest BCUT2D eigenvalue weighted by Crippen LogP contribution is 2.38. The van der Waals surface area contributed by atoms with Gasteiger partial charge in [0.2, 0.25) is 0 Å². The van der Waals surface area contributed by atoms with Crippen LogP contribution in [0.25, 0.3) is 0 Å². The van der Waals surface area contributed by atoms with Crippen LogP contribution in [0.2, 0.25) is 0 Å². The van der Waals surface area contributed by atoms with Gasteiger partial charge in [0.05, 0.1) is 0 Å². The number of rotatable bonds is 4. The molecular weight excluding hydrogens is 266 g/mol.